The zero-order valence-corrected chi connectivity index (χ0v) is 28.9. The third-order valence-corrected chi connectivity index (χ3v) is 10.9. The number of rotatable bonds is 6. The normalized spacial score (nSPS) is 22.0. The first-order valence-electron chi connectivity index (χ1n) is 17.0. The molecule has 4 aliphatic heterocycles. The average molecular weight is 718 g/mol. The highest BCUT2D eigenvalue weighted by Gasteiger charge is 2.51. The van der Waals surface area contributed by atoms with Crippen molar-refractivity contribution in [2.24, 2.45) is 0 Å². The van der Waals surface area contributed by atoms with Crippen LogP contribution in [0.2, 0.25) is 0 Å². The number of anilines is 3. The number of piperidine rings is 1. The van der Waals surface area contributed by atoms with Gasteiger partial charge in [-0.05, 0) is 86.5 Å². The maximum absolute atomic E-state index is 11.6. The standard InChI is InChI=1S/C35H41BrN8O4/c1-34(2,40-33(45)46)21-23-22-9-3-4-12-26(22)48-35(23)14-18-42(19-15-35)32-29(36)38-28-30(39-32)44(27-13-5-6-20-47-27)41-31(28)43-17-8-10-24-25(43)11-7-16-37-24/h3-4,7,9,11-12,16,23,27,40H,5-6,8,10,13-15,17-21H2,1-2H3,(H,45,46)/t23-,27?/m1/s1. The predicted octanol–water partition coefficient (Wildman–Crippen LogP) is 6.72. The maximum atomic E-state index is 11.6. The Morgan fingerprint density at radius 3 is 2.71 bits per heavy atom. The van der Waals surface area contributed by atoms with Gasteiger partial charge in [0, 0.05) is 62.3 Å². The Morgan fingerprint density at radius 2 is 1.92 bits per heavy atom. The van der Waals surface area contributed by atoms with E-state index >= 15 is 0 Å². The number of nitrogens with zero attached hydrogens (tertiary/aromatic N) is 7. The number of hydrogen-bond acceptors (Lipinski definition) is 9. The fourth-order valence-corrected chi connectivity index (χ4v) is 8.66. The number of benzene rings is 1. The Morgan fingerprint density at radius 1 is 1.08 bits per heavy atom. The van der Waals surface area contributed by atoms with Crippen LogP contribution < -0.4 is 19.9 Å². The molecule has 4 aromatic rings. The fourth-order valence-electron chi connectivity index (χ4n) is 8.15. The Bertz CT molecular complexity index is 1850. The van der Waals surface area contributed by atoms with Crippen LogP contribution in [-0.4, -0.2) is 73.3 Å². The van der Waals surface area contributed by atoms with Gasteiger partial charge in [-0.25, -0.2) is 19.4 Å². The second-order valence-electron chi connectivity index (χ2n) is 14.1. The molecule has 2 N–H and O–H groups in total. The lowest BCUT2D eigenvalue weighted by molar-refractivity contribution is -0.0368. The highest BCUT2D eigenvalue weighted by molar-refractivity contribution is 9.10. The van der Waals surface area contributed by atoms with Gasteiger partial charge in [0.15, 0.2) is 29.0 Å². The molecule has 48 heavy (non-hydrogen) atoms. The van der Waals surface area contributed by atoms with Crippen LogP contribution in [0.4, 0.5) is 22.1 Å². The number of pyridine rings is 1. The minimum atomic E-state index is -1.02. The topological polar surface area (TPSA) is 131 Å². The summed E-state index contributed by atoms with van der Waals surface area (Å²) in [6.07, 6.45) is 7.70. The molecule has 7 heterocycles. The highest BCUT2D eigenvalue weighted by Crippen LogP contribution is 2.53. The molecule has 0 saturated carbocycles. The number of para-hydroxylation sites is 1. The van der Waals surface area contributed by atoms with Gasteiger partial charge in [-0.1, -0.05) is 18.2 Å². The molecule has 0 aliphatic carbocycles. The zero-order chi connectivity index (χ0) is 33.0. The van der Waals surface area contributed by atoms with Gasteiger partial charge in [0.25, 0.3) is 0 Å². The lowest BCUT2D eigenvalue weighted by Crippen LogP contribution is -2.52. The van der Waals surface area contributed by atoms with Gasteiger partial charge in [0.2, 0.25) is 0 Å². The van der Waals surface area contributed by atoms with Gasteiger partial charge in [0.05, 0.1) is 11.4 Å². The molecular weight excluding hydrogens is 676 g/mol. The van der Waals surface area contributed by atoms with Crippen LogP contribution in [0.15, 0.2) is 47.2 Å². The van der Waals surface area contributed by atoms with Crippen LogP contribution in [0.1, 0.15) is 82.2 Å². The summed E-state index contributed by atoms with van der Waals surface area (Å²) in [4.78, 5) is 31.2. The lowest BCUT2D eigenvalue weighted by Gasteiger charge is -2.44. The molecule has 8 rings (SSSR count). The van der Waals surface area contributed by atoms with Crippen molar-refractivity contribution in [3.8, 4) is 5.75 Å². The number of ether oxygens (including phenoxy) is 2. The van der Waals surface area contributed by atoms with E-state index in [2.05, 4.69) is 48.2 Å². The van der Waals surface area contributed by atoms with Crippen LogP contribution in [0.5, 0.6) is 5.75 Å². The van der Waals surface area contributed by atoms with E-state index in [1.165, 1.54) is 0 Å². The SMILES string of the molecule is CC(C)(C[C@@H]1c2ccccc2OC12CCN(c1nc3c(nc1Br)c(N1CCCc4ncccc41)nn3C1CCCCO1)CC2)NC(=O)O. The number of nitrogens with one attached hydrogen (secondary N) is 1. The first-order valence-corrected chi connectivity index (χ1v) is 17.8. The second kappa shape index (κ2) is 12.2. The number of carbonyl (C=O) groups is 1. The van der Waals surface area contributed by atoms with Gasteiger partial charge in [-0.2, -0.15) is 0 Å². The first-order chi connectivity index (χ1) is 23.2. The van der Waals surface area contributed by atoms with Crippen molar-refractivity contribution in [2.75, 3.05) is 36.0 Å². The Labute approximate surface area is 288 Å². The maximum Gasteiger partial charge on any atom is 0.405 e. The molecule has 2 saturated heterocycles. The highest BCUT2D eigenvalue weighted by atomic mass is 79.9. The summed E-state index contributed by atoms with van der Waals surface area (Å²) < 4.78 is 15.7. The molecule has 0 bridgehead atoms. The molecule has 1 amide bonds. The van der Waals surface area contributed by atoms with Crippen LogP contribution in [-0.2, 0) is 11.2 Å². The summed E-state index contributed by atoms with van der Waals surface area (Å²) in [6, 6.07) is 12.3. The average Bonchev–Trinajstić information content (AvgIpc) is 3.59. The molecule has 1 unspecified atom stereocenters. The van der Waals surface area contributed by atoms with E-state index in [1.807, 2.05) is 49.0 Å². The molecule has 13 heteroatoms. The Kier molecular flexibility index (Phi) is 7.94. The second-order valence-corrected chi connectivity index (χ2v) is 14.8. The molecule has 252 valence electrons. The minimum absolute atomic E-state index is 0.0454. The van der Waals surface area contributed by atoms with Gasteiger partial charge in [-0.3, -0.25) is 4.98 Å². The third kappa shape index (κ3) is 5.54. The van der Waals surface area contributed by atoms with Crippen molar-refractivity contribution in [1.29, 1.82) is 0 Å². The van der Waals surface area contributed by atoms with Crippen molar-refractivity contribution in [2.45, 2.75) is 88.5 Å². The molecule has 4 aliphatic rings. The quantitative estimate of drug-likeness (QED) is 0.222. The van der Waals surface area contributed by atoms with Crippen LogP contribution in [0.25, 0.3) is 11.2 Å². The number of amides is 1. The van der Waals surface area contributed by atoms with Gasteiger partial charge < -0.3 is 29.7 Å². The van der Waals surface area contributed by atoms with E-state index in [4.69, 9.17) is 24.5 Å². The summed E-state index contributed by atoms with van der Waals surface area (Å²) >= 11 is 3.81. The molecule has 1 spiro atoms. The number of hydrogen-bond donors (Lipinski definition) is 2. The molecule has 3 aromatic heterocycles. The summed E-state index contributed by atoms with van der Waals surface area (Å²) in [5.41, 5.74) is 3.68. The molecule has 12 nitrogen and oxygen atoms in total. The van der Waals surface area contributed by atoms with E-state index < -0.39 is 17.2 Å². The monoisotopic (exact) mass is 716 g/mol. The van der Waals surface area contributed by atoms with Gasteiger partial charge in [-0.15, -0.1) is 5.10 Å². The molecule has 2 fully saturated rings. The number of fused-ring (bicyclic) bond motifs is 3. The number of aromatic nitrogens is 5. The molecular formula is C35H41BrN8O4. The zero-order valence-electron chi connectivity index (χ0n) is 27.4. The summed E-state index contributed by atoms with van der Waals surface area (Å²) in [5, 5.41) is 17.4. The summed E-state index contributed by atoms with van der Waals surface area (Å²) in [7, 11) is 0. The summed E-state index contributed by atoms with van der Waals surface area (Å²) in [5.74, 6) is 2.50. The number of halogens is 1. The van der Waals surface area contributed by atoms with Crippen molar-refractivity contribution in [3.05, 3.63) is 58.5 Å². The van der Waals surface area contributed by atoms with Crippen molar-refractivity contribution >= 4 is 50.5 Å². The van der Waals surface area contributed by atoms with Crippen molar-refractivity contribution in [3.63, 3.8) is 0 Å². The Balaban J connectivity index is 1.12. The largest absolute Gasteiger partial charge is 0.486 e. The van der Waals surface area contributed by atoms with Crippen LogP contribution in [0, 0.1) is 0 Å². The smallest absolute Gasteiger partial charge is 0.405 e. The van der Waals surface area contributed by atoms with E-state index in [9.17, 15) is 9.90 Å². The Hall–Kier alpha value is -3.97. The van der Waals surface area contributed by atoms with Crippen molar-refractivity contribution in [1.82, 2.24) is 30.0 Å². The summed E-state index contributed by atoms with van der Waals surface area (Å²) in [6.45, 7) is 6.84. The number of aryl methyl sites for hydroxylation is 1. The van der Waals surface area contributed by atoms with E-state index in [1.54, 1.807) is 0 Å². The molecule has 0 radical (unpaired) electrons. The molecule has 2 atom stereocenters. The minimum Gasteiger partial charge on any atom is -0.486 e. The fraction of sp³-hybridized carbons (Fsp3) is 0.514. The van der Waals surface area contributed by atoms with Crippen LogP contribution in [0.3, 0.4) is 0 Å². The van der Waals surface area contributed by atoms with Gasteiger partial charge >= 0.3 is 6.09 Å². The van der Waals surface area contributed by atoms with Gasteiger partial charge in [0.1, 0.15) is 16.0 Å². The third-order valence-electron chi connectivity index (χ3n) is 10.4. The van der Waals surface area contributed by atoms with Crippen molar-refractivity contribution < 1.29 is 19.4 Å². The van der Waals surface area contributed by atoms with E-state index in [-0.39, 0.29) is 12.1 Å². The lowest BCUT2D eigenvalue weighted by atomic mass is 9.72. The number of carboxylic acid groups (broad SMARTS) is 1. The van der Waals surface area contributed by atoms with Crippen LogP contribution >= 0.6 is 15.9 Å². The predicted molar refractivity (Wildman–Crippen MR) is 185 cm³/mol. The first kappa shape index (κ1) is 31.3. The van der Waals surface area contributed by atoms with E-state index in [0.29, 0.717) is 30.7 Å². The van der Waals surface area contributed by atoms with E-state index in [0.717, 1.165) is 97.0 Å². The molecule has 1 aromatic carbocycles.